The second-order valence-corrected chi connectivity index (χ2v) is 2.52. The van der Waals surface area contributed by atoms with Gasteiger partial charge in [0.2, 0.25) is 0 Å². The van der Waals surface area contributed by atoms with Gasteiger partial charge in [-0.05, 0) is 24.3 Å². The van der Waals surface area contributed by atoms with Crippen molar-refractivity contribution in [3.05, 3.63) is 41.5 Å². The summed E-state index contributed by atoms with van der Waals surface area (Å²) in [5, 5.41) is 0. The molecule has 0 spiro atoms. The van der Waals surface area contributed by atoms with E-state index in [1.165, 1.54) is 7.11 Å². The van der Waals surface area contributed by atoms with Crippen LogP contribution in [0.3, 0.4) is 0 Å². The highest BCUT2D eigenvalue weighted by Gasteiger charge is 2.00. The summed E-state index contributed by atoms with van der Waals surface area (Å²) in [4.78, 5) is 10.7. The van der Waals surface area contributed by atoms with Crippen LogP contribution in [0.15, 0.2) is 24.3 Å². The number of esters is 1. The van der Waals surface area contributed by atoms with E-state index in [0.29, 0.717) is 0 Å². The maximum atomic E-state index is 13.0. The number of hydrogen-bond donors (Lipinski definition) is 0. The van der Waals surface area contributed by atoms with Crippen LogP contribution in [-0.4, -0.2) is 13.1 Å². The van der Waals surface area contributed by atoms with Gasteiger partial charge in [-0.2, -0.15) is 0 Å². The van der Waals surface area contributed by atoms with Crippen molar-refractivity contribution in [2.75, 3.05) is 7.11 Å². The van der Waals surface area contributed by atoms with Crippen molar-refractivity contribution in [3.63, 3.8) is 0 Å². The van der Waals surface area contributed by atoms with Gasteiger partial charge in [0.15, 0.2) is 0 Å². The summed E-state index contributed by atoms with van der Waals surface area (Å²) in [5.41, 5.74) is 0.00963. The minimum atomic E-state index is -0.617. The first-order valence-electron chi connectivity index (χ1n) is 3.84. The summed E-state index contributed by atoms with van der Waals surface area (Å²) in [6, 6.07) is 2.99. The molecule has 0 atom stereocenters. The molecule has 1 rings (SSSR count). The molecule has 1 aromatic carbocycles. The van der Waals surface area contributed by atoms with Crippen molar-refractivity contribution in [2.24, 2.45) is 0 Å². The Morgan fingerprint density at radius 3 is 2.79 bits per heavy atom. The molecule has 14 heavy (non-hydrogen) atoms. The SMILES string of the molecule is COC(=O)C=Cc1cc(F)ccc1F. The molecule has 0 aliphatic heterocycles. The molecule has 0 amide bonds. The van der Waals surface area contributed by atoms with E-state index in [2.05, 4.69) is 4.74 Å². The third kappa shape index (κ3) is 2.65. The number of rotatable bonds is 2. The van der Waals surface area contributed by atoms with E-state index in [1.54, 1.807) is 0 Å². The summed E-state index contributed by atoms with van der Waals surface area (Å²) in [5.74, 6) is -1.77. The van der Waals surface area contributed by atoms with Crippen LogP contribution in [0.25, 0.3) is 6.08 Å². The Morgan fingerprint density at radius 1 is 1.43 bits per heavy atom. The monoisotopic (exact) mass is 198 g/mol. The number of halogens is 2. The van der Waals surface area contributed by atoms with Gasteiger partial charge in [0, 0.05) is 11.6 Å². The summed E-state index contributed by atoms with van der Waals surface area (Å²) in [6.45, 7) is 0. The minimum Gasteiger partial charge on any atom is -0.466 e. The topological polar surface area (TPSA) is 26.3 Å². The molecule has 0 aromatic heterocycles. The number of methoxy groups -OCH3 is 1. The smallest absolute Gasteiger partial charge is 0.330 e. The van der Waals surface area contributed by atoms with Gasteiger partial charge in [0.25, 0.3) is 0 Å². The first-order valence-corrected chi connectivity index (χ1v) is 3.84. The molecule has 0 aliphatic rings. The fourth-order valence-electron chi connectivity index (χ4n) is 0.868. The van der Waals surface area contributed by atoms with Crippen molar-refractivity contribution in [1.29, 1.82) is 0 Å². The van der Waals surface area contributed by atoms with Crippen molar-refractivity contribution < 1.29 is 18.3 Å². The fourth-order valence-corrected chi connectivity index (χ4v) is 0.868. The Labute approximate surface area is 79.8 Å². The lowest BCUT2D eigenvalue weighted by atomic mass is 10.2. The summed E-state index contributed by atoms with van der Waals surface area (Å²) in [7, 11) is 1.20. The van der Waals surface area contributed by atoms with E-state index in [-0.39, 0.29) is 5.56 Å². The Hall–Kier alpha value is -1.71. The lowest BCUT2D eigenvalue weighted by Gasteiger charge is -1.96. The largest absolute Gasteiger partial charge is 0.466 e. The lowest BCUT2D eigenvalue weighted by molar-refractivity contribution is -0.134. The first-order chi connectivity index (χ1) is 6.63. The zero-order valence-corrected chi connectivity index (χ0v) is 7.46. The van der Waals surface area contributed by atoms with Gasteiger partial charge in [-0.1, -0.05) is 0 Å². The average Bonchev–Trinajstić information content (AvgIpc) is 2.19. The highest BCUT2D eigenvalue weighted by atomic mass is 19.1. The molecule has 74 valence electrons. The molecule has 0 fully saturated rings. The predicted molar refractivity (Wildman–Crippen MR) is 47.4 cm³/mol. The van der Waals surface area contributed by atoms with Crippen LogP contribution in [0, 0.1) is 11.6 Å². The van der Waals surface area contributed by atoms with E-state index in [4.69, 9.17) is 0 Å². The number of carbonyl (C=O) groups is 1. The van der Waals surface area contributed by atoms with Crippen molar-refractivity contribution in [3.8, 4) is 0 Å². The van der Waals surface area contributed by atoms with Gasteiger partial charge in [-0.3, -0.25) is 0 Å². The maximum absolute atomic E-state index is 13.0. The second-order valence-electron chi connectivity index (χ2n) is 2.52. The molecule has 0 saturated carbocycles. The number of benzene rings is 1. The van der Waals surface area contributed by atoms with Gasteiger partial charge in [0.1, 0.15) is 11.6 Å². The van der Waals surface area contributed by atoms with Gasteiger partial charge >= 0.3 is 5.97 Å². The van der Waals surface area contributed by atoms with E-state index in [9.17, 15) is 13.6 Å². The number of carbonyl (C=O) groups excluding carboxylic acids is 1. The molecular weight excluding hydrogens is 190 g/mol. The fraction of sp³-hybridized carbons (Fsp3) is 0.100. The van der Waals surface area contributed by atoms with Gasteiger partial charge in [-0.25, -0.2) is 13.6 Å². The number of ether oxygens (including phenoxy) is 1. The Kier molecular flexibility index (Phi) is 3.34. The third-order valence-electron chi connectivity index (χ3n) is 1.56. The summed E-state index contributed by atoms with van der Waals surface area (Å²) < 4.78 is 29.9. The quantitative estimate of drug-likeness (QED) is 0.537. The maximum Gasteiger partial charge on any atom is 0.330 e. The molecule has 0 bridgehead atoms. The molecule has 0 heterocycles. The highest BCUT2D eigenvalue weighted by molar-refractivity contribution is 5.86. The average molecular weight is 198 g/mol. The Balaban J connectivity index is 2.90. The Morgan fingerprint density at radius 2 is 2.14 bits per heavy atom. The van der Waals surface area contributed by atoms with Crippen molar-refractivity contribution >= 4 is 12.0 Å². The molecule has 2 nitrogen and oxygen atoms in total. The van der Waals surface area contributed by atoms with Crippen LogP contribution >= 0.6 is 0 Å². The standard InChI is InChI=1S/C10H8F2O2/c1-14-10(13)5-2-7-6-8(11)3-4-9(7)12/h2-6H,1H3. The molecule has 0 saturated heterocycles. The zero-order valence-electron chi connectivity index (χ0n) is 7.46. The zero-order chi connectivity index (χ0) is 10.6. The molecule has 0 N–H and O–H groups in total. The summed E-state index contributed by atoms with van der Waals surface area (Å²) in [6.07, 6.45) is 2.18. The van der Waals surface area contributed by atoms with Crippen LogP contribution in [0.1, 0.15) is 5.56 Å². The highest BCUT2D eigenvalue weighted by Crippen LogP contribution is 2.11. The van der Waals surface area contributed by atoms with Crippen molar-refractivity contribution in [1.82, 2.24) is 0 Å². The molecule has 4 heteroatoms. The Bertz CT molecular complexity index is 372. The van der Waals surface area contributed by atoms with Crippen LogP contribution < -0.4 is 0 Å². The van der Waals surface area contributed by atoms with Crippen LogP contribution in [-0.2, 0) is 9.53 Å². The van der Waals surface area contributed by atoms with E-state index in [0.717, 1.165) is 30.4 Å². The number of hydrogen-bond acceptors (Lipinski definition) is 2. The van der Waals surface area contributed by atoms with E-state index in [1.807, 2.05) is 0 Å². The first kappa shape index (κ1) is 10.4. The molecular formula is C10H8F2O2. The van der Waals surface area contributed by atoms with Crippen LogP contribution in [0.5, 0.6) is 0 Å². The van der Waals surface area contributed by atoms with Crippen LogP contribution in [0.2, 0.25) is 0 Å². The molecule has 0 unspecified atom stereocenters. The predicted octanol–water partition coefficient (Wildman–Crippen LogP) is 2.15. The van der Waals surface area contributed by atoms with E-state index >= 15 is 0 Å². The lowest BCUT2D eigenvalue weighted by Crippen LogP contribution is -1.94. The molecule has 0 radical (unpaired) electrons. The second kappa shape index (κ2) is 4.50. The summed E-state index contributed by atoms with van der Waals surface area (Å²) >= 11 is 0. The van der Waals surface area contributed by atoms with Gasteiger partial charge in [-0.15, -0.1) is 0 Å². The van der Waals surface area contributed by atoms with Crippen LogP contribution in [0.4, 0.5) is 8.78 Å². The minimum absolute atomic E-state index is 0.00963. The van der Waals surface area contributed by atoms with E-state index < -0.39 is 17.6 Å². The normalized spacial score (nSPS) is 10.5. The molecule has 0 aliphatic carbocycles. The molecule has 1 aromatic rings. The van der Waals surface area contributed by atoms with Gasteiger partial charge in [0.05, 0.1) is 7.11 Å². The van der Waals surface area contributed by atoms with Crippen molar-refractivity contribution in [2.45, 2.75) is 0 Å². The third-order valence-corrected chi connectivity index (χ3v) is 1.56. The van der Waals surface area contributed by atoms with Gasteiger partial charge < -0.3 is 4.74 Å².